The maximum absolute atomic E-state index is 12.8. The van der Waals surface area contributed by atoms with E-state index in [0.29, 0.717) is 34.6 Å². The number of carbonyl (C=O) groups is 1. The van der Waals surface area contributed by atoms with Gasteiger partial charge in [0.1, 0.15) is 0 Å². The molecule has 0 saturated carbocycles. The Morgan fingerprint density at radius 2 is 2.03 bits per heavy atom. The van der Waals surface area contributed by atoms with Gasteiger partial charge < -0.3 is 9.32 Å². The highest BCUT2D eigenvalue weighted by Crippen LogP contribution is 2.28. The van der Waals surface area contributed by atoms with E-state index in [1.807, 2.05) is 39.8 Å². The molecule has 8 heteroatoms. The molecule has 0 bridgehead atoms. The zero-order valence-electron chi connectivity index (χ0n) is 16.3. The number of halogens is 1. The van der Waals surface area contributed by atoms with Gasteiger partial charge in [-0.2, -0.15) is 0 Å². The minimum absolute atomic E-state index is 0.166. The van der Waals surface area contributed by atoms with Crippen LogP contribution < -0.4 is 0 Å². The lowest BCUT2D eigenvalue weighted by Crippen LogP contribution is -2.43. The van der Waals surface area contributed by atoms with Crippen LogP contribution in [0.4, 0.5) is 0 Å². The lowest BCUT2D eigenvalue weighted by atomic mass is 10.0. The van der Waals surface area contributed by atoms with Crippen molar-refractivity contribution in [2.75, 3.05) is 12.3 Å². The second-order valence-corrected chi connectivity index (χ2v) is 8.93. The Hall–Kier alpha value is -2.06. The molecule has 0 spiro atoms. The molecule has 4 rings (SSSR count). The van der Waals surface area contributed by atoms with E-state index in [1.165, 1.54) is 18.2 Å². The van der Waals surface area contributed by atoms with Crippen molar-refractivity contribution in [2.24, 2.45) is 0 Å². The van der Waals surface area contributed by atoms with Gasteiger partial charge in [0.05, 0.1) is 12.3 Å². The Bertz CT molecular complexity index is 972. The predicted molar refractivity (Wildman–Crippen MR) is 117 cm³/mol. The highest BCUT2D eigenvalue weighted by Gasteiger charge is 2.24. The lowest BCUT2D eigenvalue weighted by molar-refractivity contribution is -0.131. The maximum Gasteiger partial charge on any atom is 0.233 e. The third-order valence-electron chi connectivity index (χ3n) is 5.14. The molecule has 0 N–H and O–H groups in total. The van der Waals surface area contributed by atoms with Gasteiger partial charge in [-0.25, -0.2) is 0 Å². The van der Waals surface area contributed by atoms with E-state index >= 15 is 0 Å². The number of hydrogen-bond acceptors (Lipinski definition) is 5. The summed E-state index contributed by atoms with van der Waals surface area (Å²) < 4.78 is 8.36. The van der Waals surface area contributed by atoms with Gasteiger partial charge >= 0.3 is 0 Å². The predicted octanol–water partition coefficient (Wildman–Crippen LogP) is 4.84. The molecular formula is C21H23BrN4O2S. The number of likely N-dealkylation sites (tertiary alicyclic amines) is 1. The summed E-state index contributed by atoms with van der Waals surface area (Å²) in [4.78, 5) is 14.8. The van der Waals surface area contributed by atoms with Crippen LogP contribution in [0.3, 0.4) is 0 Å². The number of amides is 1. The largest absolute Gasteiger partial charge is 0.446 e. The molecule has 3 heterocycles. The van der Waals surface area contributed by atoms with Crippen LogP contribution in [0, 0.1) is 0 Å². The van der Waals surface area contributed by atoms with Crippen molar-refractivity contribution in [3.05, 3.63) is 52.7 Å². The summed E-state index contributed by atoms with van der Waals surface area (Å²) >= 11 is 4.78. The number of thioether (sulfide) groups is 1. The third-order valence-corrected chi connectivity index (χ3v) is 6.52. The summed E-state index contributed by atoms with van der Waals surface area (Å²) in [5.74, 6) is 1.82. The molecule has 1 saturated heterocycles. The number of aromatic nitrogens is 3. The fraction of sp³-hybridized carbons (Fsp3) is 0.381. The first-order chi connectivity index (χ1) is 14.1. The number of hydrogen-bond donors (Lipinski definition) is 0. The minimum atomic E-state index is 0.166. The van der Waals surface area contributed by atoms with Crippen molar-refractivity contribution in [1.82, 2.24) is 19.7 Å². The number of rotatable bonds is 6. The van der Waals surface area contributed by atoms with E-state index in [-0.39, 0.29) is 5.91 Å². The fourth-order valence-electron chi connectivity index (χ4n) is 3.60. The molecule has 3 aromatic rings. The summed E-state index contributed by atoms with van der Waals surface area (Å²) in [6.07, 6.45) is 3.37. The van der Waals surface area contributed by atoms with Crippen LogP contribution in [-0.2, 0) is 11.3 Å². The summed E-state index contributed by atoms with van der Waals surface area (Å²) in [5, 5.41) is 9.43. The quantitative estimate of drug-likeness (QED) is 0.478. The first kappa shape index (κ1) is 20.2. The molecule has 152 valence electrons. The van der Waals surface area contributed by atoms with Crippen LogP contribution >= 0.6 is 27.7 Å². The Morgan fingerprint density at radius 1 is 1.21 bits per heavy atom. The SMILES string of the molecule is C[C@H]1CCCCN1C(=O)CSc1nnc(-c2ccc(Br)o2)n1Cc1ccccc1. The van der Waals surface area contributed by atoms with Crippen molar-refractivity contribution in [3.63, 3.8) is 0 Å². The summed E-state index contributed by atoms with van der Waals surface area (Å²) in [6, 6.07) is 14.2. The molecule has 1 aliphatic rings. The first-order valence-corrected chi connectivity index (χ1v) is 11.5. The van der Waals surface area contributed by atoms with Crippen molar-refractivity contribution >= 4 is 33.6 Å². The monoisotopic (exact) mass is 474 g/mol. The van der Waals surface area contributed by atoms with Gasteiger partial charge in [-0.15, -0.1) is 10.2 Å². The van der Waals surface area contributed by atoms with Crippen LogP contribution in [0.2, 0.25) is 0 Å². The lowest BCUT2D eigenvalue weighted by Gasteiger charge is -2.33. The second kappa shape index (κ2) is 9.17. The summed E-state index contributed by atoms with van der Waals surface area (Å²) in [5.41, 5.74) is 1.14. The van der Waals surface area contributed by atoms with Crippen molar-refractivity contribution in [3.8, 4) is 11.6 Å². The van der Waals surface area contributed by atoms with Crippen molar-refractivity contribution in [2.45, 2.75) is 43.9 Å². The highest BCUT2D eigenvalue weighted by atomic mass is 79.9. The van der Waals surface area contributed by atoms with Gasteiger partial charge in [0.2, 0.25) is 11.7 Å². The Balaban J connectivity index is 1.56. The zero-order chi connectivity index (χ0) is 20.2. The van der Waals surface area contributed by atoms with Gasteiger partial charge in [-0.3, -0.25) is 9.36 Å². The van der Waals surface area contributed by atoms with Crippen LogP contribution in [0.1, 0.15) is 31.7 Å². The van der Waals surface area contributed by atoms with E-state index < -0.39 is 0 Å². The van der Waals surface area contributed by atoms with Crippen LogP contribution in [-0.4, -0.2) is 43.9 Å². The number of piperidine rings is 1. The smallest absolute Gasteiger partial charge is 0.233 e. The van der Waals surface area contributed by atoms with Gasteiger partial charge in [-0.1, -0.05) is 42.1 Å². The standard InChI is InChI=1S/C21H23BrN4O2S/c1-15-7-5-6-12-25(15)19(27)14-29-21-24-23-20(17-10-11-18(22)28-17)26(21)13-16-8-3-2-4-9-16/h2-4,8-11,15H,5-7,12-14H2,1H3/t15-/m0/s1. The second-order valence-electron chi connectivity index (χ2n) is 7.20. The highest BCUT2D eigenvalue weighted by molar-refractivity contribution is 9.10. The van der Waals surface area contributed by atoms with E-state index in [9.17, 15) is 4.79 Å². The molecule has 1 atom stereocenters. The molecule has 0 unspecified atom stereocenters. The Labute approximate surface area is 182 Å². The normalized spacial score (nSPS) is 16.9. The van der Waals surface area contributed by atoms with E-state index in [2.05, 4.69) is 45.2 Å². The summed E-state index contributed by atoms with van der Waals surface area (Å²) in [7, 11) is 0. The molecule has 1 aromatic carbocycles. The molecule has 1 aliphatic heterocycles. The molecule has 2 aromatic heterocycles. The van der Waals surface area contributed by atoms with Gasteiger partial charge in [0.25, 0.3) is 0 Å². The average molecular weight is 475 g/mol. The molecule has 1 fully saturated rings. The van der Waals surface area contributed by atoms with Crippen molar-refractivity contribution in [1.29, 1.82) is 0 Å². The maximum atomic E-state index is 12.8. The minimum Gasteiger partial charge on any atom is -0.446 e. The Morgan fingerprint density at radius 3 is 2.76 bits per heavy atom. The van der Waals surface area contributed by atoms with E-state index in [4.69, 9.17) is 4.42 Å². The number of nitrogens with zero attached hydrogens (tertiary/aromatic N) is 4. The summed E-state index contributed by atoms with van der Waals surface area (Å²) in [6.45, 7) is 3.59. The molecule has 29 heavy (non-hydrogen) atoms. The van der Waals surface area contributed by atoms with Gasteiger partial charge in [0.15, 0.2) is 15.6 Å². The average Bonchev–Trinajstić information content (AvgIpc) is 3.33. The van der Waals surface area contributed by atoms with E-state index in [1.54, 1.807) is 0 Å². The van der Waals surface area contributed by atoms with Crippen LogP contribution in [0.5, 0.6) is 0 Å². The first-order valence-electron chi connectivity index (χ1n) is 9.77. The molecule has 0 aliphatic carbocycles. The topological polar surface area (TPSA) is 64.2 Å². The Kier molecular flexibility index (Phi) is 6.40. The number of benzene rings is 1. The van der Waals surface area contributed by atoms with E-state index in [0.717, 1.165) is 30.1 Å². The fourth-order valence-corrected chi connectivity index (χ4v) is 4.73. The molecule has 6 nitrogen and oxygen atoms in total. The van der Waals surface area contributed by atoms with Crippen molar-refractivity contribution < 1.29 is 9.21 Å². The van der Waals surface area contributed by atoms with Gasteiger partial charge in [0, 0.05) is 12.6 Å². The number of furan rings is 1. The zero-order valence-corrected chi connectivity index (χ0v) is 18.7. The van der Waals surface area contributed by atoms with Gasteiger partial charge in [-0.05, 0) is 59.8 Å². The molecule has 1 amide bonds. The third kappa shape index (κ3) is 4.75. The molecule has 0 radical (unpaired) electrons. The van der Waals surface area contributed by atoms with Crippen LogP contribution in [0.25, 0.3) is 11.6 Å². The van der Waals surface area contributed by atoms with Crippen LogP contribution in [0.15, 0.2) is 56.7 Å². The molecular weight excluding hydrogens is 452 g/mol. The number of carbonyl (C=O) groups excluding carboxylic acids is 1.